The van der Waals surface area contributed by atoms with Gasteiger partial charge in [-0.15, -0.1) is 0 Å². The molecule has 4 heteroatoms. The molecule has 1 heterocycles. The Kier molecular flexibility index (Phi) is 4.25. The molecule has 0 saturated carbocycles. The first-order chi connectivity index (χ1) is 8.29. The molecule has 0 aliphatic heterocycles. The number of nitrogens with two attached hydrogens (primary N) is 1. The Morgan fingerprint density at radius 2 is 1.94 bits per heavy atom. The van der Waals surface area contributed by atoms with E-state index in [0.29, 0.717) is 0 Å². The highest BCUT2D eigenvalue weighted by Gasteiger charge is 2.10. The standard InChI is InChI=1S/C13H14BrN3/c14-11-6-7-12(16-9-11)8-13(17-15)10-4-2-1-3-5-10/h1-7,9,13,17H,8,15H2. The summed E-state index contributed by atoms with van der Waals surface area (Å²) >= 11 is 3.37. The van der Waals surface area contributed by atoms with Crippen LogP contribution in [0, 0.1) is 0 Å². The van der Waals surface area contributed by atoms with E-state index in [1.807, 2.05) is 30.3 Å². The average Bonchev–Trinajstić information content (AvgIpc) is 2.39. The minimum Gasteiger partial charge on any atom is -0.271 e. The maximum Gasteiger partial charge on any atom is 0.0515 e. The highest BCUT2D eigenvalue weighted by atomic mass is 79.9. The molecule has 0 amide bonds. The van der Waals surface area contributed by atoms with E-state index < -0.39 is 0 Å². The number of nitrogens with zero attached hydrogens (tertiary/aromatic N) is 1. The Bertz CT molecular complexity index is 456. The lowest BCUT2D eigenvalue weighted by Gasteiger charge is -2.15. The largest absolute Gasteiger partial charge is 0.271 e. The molecule has 2 aromatic rings. The highest BCUT2D eigenvalue weighted by molar-refractivity contribution is 9.10. The van der Waals surface area contributed by atoms with E-state index in [-0.39, 0.29) is 6.04 Å². The molecule has 88 valence electrons. The maximum absolute atomic E-state index is 5.60. The third-order valence-corrected chi connectivity index (χ3v) is 3.07. The summed E-state index contributed by atoms with van der Waals surface area (Å²) in [5.74, 6) is 5.60. The fraction of sp³-hybridized carbons (Fsp3) is 0.154. The van der Waals surface area contributed by atoms with Gasteiger partial charge < -0.3 is 0 Å². The van der Waals surface area contributed by atoms with Crippen LogP contribution in [-0.2, 0) is 6.42 Å². The number of nitrogens with one attached hydrogen (secondary N) is 1. The zero-order valence-corrected chi connectivity index (χ0v) is 10.9. The summed E-state index contributed by atoms with van der Waals surface area (Å²) in [6.45, 7) is 0. The van der Waals surface area contributed by atoms with E-state index in [9.17, 15) is 0 Å². The van der Waals surface area contributed by atoms with Gasteiger partial charge in [0.2, 0.25) is 0 Å². The van der Waals surface area contributed by atoms with E-state index >= 15 is 0 Å². The number of benzene rings is 1. The number of hydrazine groups is 1. The fourth-order valence-corrected chi connectivity index (χ4v) is 1.93. The maximum atomic E-state index is 5.60. The van der Waals surface area contributed by atoms with Crippen LogP contribution in [0.25, 0.3) is 0 Å². The van der Waals surface area contributed by atoms with Crippen molar-refractivity contribution in [2.45, 2.75) is 12.5 Å². The van der Waals surface area contributed by atoms with Gasteiger partial charge in [0.1, 0.15) is 0 Å². The van der Waals surface area contributed by atoms with Gasteiger partial charge in [0.15, 0.2) is 0 Å². The van der Waals surface area contributed by atoms with Crippen molar-refractivity contribution in [3.05, 3.63) is 64.4 Å². The second kappa shape index (κ2) is 5.91. The molecule has 1 aromatic heterocycles. The van der Waals surface area contributed by atoms with Gasteiger partial charge in [-0.1, -0.05) is 30.3 Å². The van der Waals surface area contributed by atoms with Gasteiger partial charge in [0, 0.05) is 22.8 Å². The second-order valence-electron chi connectivity index (χ2n) is 3.80. The summed E-state index contributed by atoms with van der Waals surface area (Å²) in [5.41, 5.74) is 5.01. The molecule has 0 aliphatic rings. The second-order valence-corrected chi connectivity index (χ2v) is 4.72. The van der Waals surface area contributed by atoms with Crippen LogP contribution in [-0.4, -0.2) is 4.98 Å². The third kappa shape index (κ3) is 3.36. The summed E-state index contributed by atoms with van der Waals surface area (Å²) in [6.07, 6.45) is 2.57. The Morgan fingerprint density at radius 3 is 2.53 bits per heavy atom. The van der Waals surface area contributed by atoms with Crippen LogP contribution in [0.5, 0.6) is 0 Å². The van der Waals surface area contributed by atoms with Crippen molar-refractivity contribution in [3.8, 4) is 0 Å². The Morgan fingerprint density at radius 1 is 1.18 bits per heavy atom. The average molecular weight is 292 g/mol. The van der Waals surface area contributed by atoms with Gasteiger partial charge in [-0.2, -0.15) is 0 Å². The Hall–Kier alpha value is -1.23. The molecule has 17 heavy (non-hydrogen) atoms. The number of aromatic nitrogens is 1. The molecule has 1 unspecified atom stereocenters. The van der Waals surface area contributed by atoms with E-state index in [2.05, 4.69) is 38.5 Å². The van der Waals surface area contributed by atoms with Crippen LogP contribution in [0.4, 0.5) is 0 Å². The van der Waals surface area contributed by atoms with Crippen molar-refractivity contribution in [2.75, 3.05) is 0 Å². The van der Waals surface area contributed by atoms with Crippen LogP contribution < -0.4 is 11.3 Å². The molecule has 0 aliphatic carbocycles. The van der Waals surface area contributed by atoms with Gasteiger partial charge >= 0.3 is 0 Å². The van der Waals surface area contributed by atoms with Crippen molar-refractivity contribution in [3.63, 3.8) is 0 Å². The fourth-order valence-electron chi connectivity index (χ4n) is 1.69. The molecule has 1 aromatic carbocycles. The molecule has 3 N–H and O–H groups in total. The van der Waals surface area contributed by atoms with Gasteiger partial charge in [-0.25, -0.2) is 0 Å². The highest BCUT2D eigenvalue weighted by Crippen LogP contribution is 2.17. The van der Waals surface area contributed by atoms with Crippen molar-refractivity contribution >= 4 is 15.9 Å². The minimum atomic E-state index is 0.0878. The summed E-state index contributed by atoms with van der Waals surface area (Å²) in [7, 11) is 0. The number of rotatable bonds is 4. The molecule has 0 bridgehead atoms. The van der Waals surface area contributed by atoms with Crippen molar-refractivity contribution < 1.29 is 0 Å². The van der Waals surface area contributed by atoms with Crippen LogP contribution in [0.2, 0.25) is 0 Å². The molecule has 3 nitrogen and oxygen atoms in total. The molecule has 0 saturated heterocycles. The van der Waals surface area contributed by atoms with Crippen molar-refractivity contribution in [1.82, 2.24) is 10.4 Å². The molecular weight excluding hydrogens is 278 g/mol. The lowest BCUT2D eigenvalue weighted by Crippen LogP contribution is -2.29. The third-order valence-electron chi connectivity index (χ3n) is 2.61. The first-order valence-corrected chi connectivity index (χ1v) is 6.20. The molecular formula is C13H14BrN3. The first-order valence-electron chi connectivity index (χ1n) is 5.41. The number of pyridine rings is 1. The predicted octanol–water partition coefficient (Wildman–Crippen LogP) is 2.59. The summed E-state index contributed by atoms with van der Waals surface area (Å²) < 4.78 is 0.984. The SMILES string of the molecule is NNC(Cc1ccc(Br)cn1)c1ccccc1. The van der Waals surface area contributed by atoms with Gasteiger partial charge in [0.05, 0.1) is 6.04 Å². The smallest absolute Gasteiger partial charge is 0.0515 e. The topological polar surface area (TPSA) is 50.9 Å². The predicted molar refractivity (Wildman–Crippen MR) is 72.1 cm³/mol. The van der Waals surface area contributed by atoms with Crippen LogP contribution in [0.3, 0.4) is 0 Å². The van der Waals surface area contributed by atoms with Gasteiger partial charge in [0.25, 0.3) is 0 Å². The summed E-state index contributed by atoms with van der Waals surface area (Å²) in [6, 6.07) is 14.2. The molecule has 2 rings (SSSR count). The van der Waals surface area contributed by atoms with Gasteiger partial charge in [-0.3, -0.25) is 16.3 Å². The van der Waals surface area contributed by atoms with Crippen LogP contribution in [0.15, 0.2) is 53.1 Å². The van der Waals surface area contributed by atoms with Crippen molar-refractivity contribution in [2.24, 2.45) is 5.84 Å². The summed E-state index contributed by atoms with van der Waals surface area (Å²) in [5, 5.41) is 0. The minimum absolute atomic E-state index is 0.0878. The molecule has 0 radical (unpaired) electrons. The quantitative estimate of drug-likeness (QED) is 0.672. The summed E-state index contributed by atoms with van der Waals surface area (Å²) in [4.78, 5) is 4.35. The number of halogens is 1. The monoisotopic (exact) mass is 291 g/mol. The Balaban J connectivity index is 2.13. The van der Waals surface area contributed by atoms with Crippen LogP contribution >= 0.6 is 15.9 Å². The Labute approximate surface area is 109 Å². The van der Waals surface area contributed by atoms with E-state index in [4.69, 9.17) is 5.84 Å². The lowest BCUT2D eigenvalue weighted by atomic mass is 10.0. The van der Waals surface area contributed by atoms with Crippen molar-refractivity contribution in [1.29, 1.82) is 0 Å². The zero-order chi connectivity index (χ0) is 12.1. The van der Waals surface area contributed by atoms with E-state index in [1.165, 1.54) is 5.56 Å². The van der Waals surface area contributed by atoms with E-state index in [0.717, 1.165) is 16.6 Å². The van der Waals surface area contributed by atoms with E-state index in [1.54, 1.807) is 6.20 Å². The molecule has 1 atom stereocenters. The number of hydrogen-bond acceptors (Lipinski definition) is 3. The van der Waals surface area contributed by atoms with Crippen LogP contribution in [0.1, 0.15) is 17.3 Å². The number of hydrogen-bond donors (Lipinski definition) is 2. The first kappa shape index (κ1) is 12.2. The normalized spacial score (nSPS) is 12.4. The lowest BCUT2D eigenvalue weighted by molar-refractivity contribution is 0.546. The zero-order valence-electron chi connectivity index (χ0n) is 9.31. The molecule has 0 spiro atoms. The molecule has 0 fully saturated rings. The van der Waals surface area contributed by atoms with Gasteiger partial charge in [-0.05, 0) is 33.6 Å².